The van der Waals surface area contributed by atoms with Gasteiger partial charge in [0, 0.05) is 25.6 Å². The molecular weight excluding hydrogens is 358 g/mol. The molecule has 0 bridgehead atoms. The summed E-state index contributed by atoms with van der Waals surface area (Å²) in [7, 11) is 1.70. The second-order valence-electron chi connectivity index (χ2n) is 6.83. The Bertz CT molecular complexity index is 896. The molecule has 2 saturated heterocycles. The molecule has 2 aliphatic heterocycles. The molecule has 2 aromatic rings. The summed E-state index contributed by atoms with van der Waals surface area (Å²) in [4.78, 5) is 28.1. The van der Waals surface area contributed by atoms with E-state index in [1.807, 2.05) is 12.1 Å². The van der Waals surface area contributed by atoms with Gasteiger partial charge in [-0.25, -0.2) is 4.79 Å². The van der Waals surface area contributed by atoms with Gasteiger partial charge in [-0.3, -0.25) is 4.79 Å². The molecule has 3 heterocycles. The lowest BCUT2D eigenvalue weighted by molar-refractivity contribution is 0.0552. The van der Waals surface area contributed by atoms with Crippen LogP contribution in [0.3, 0.4) is 0 Å². The number of hydrogen-bond acceptors (Lipinski definition) is 5. The van der Waals surface area contributed by atoms with Gasteiger partial charge in [0.15, 0.2) is 5.60 Å². The van der Waals surface area contributed by atoms with Gasteiger partial charge in [-0.15, -0.1) is 0 Å². The number of carbonyl (C=O) groups is 2. The molecule has 4 rings (SSSR count). The summed E-state index contributed by atoms with van der Waals surface area (Å²) in [5.74, 6) is 0.243. The average Bonchev–Trinajstić information content (AvgIpc) is 3.26. The zero-order chi connectivity index (χ0) is 18.5. The van der Waals surface area contributed by atoms with Crippen molar-refractivity contribution in [2.75, 3.05) is 26.7 Å². The molecule has 26 heavy (non-hydrogen) atoms. The predicted molar refractivity (Wildman–Crippen MR) is 94.0 cm³/mol. The first-order chi connectivity index (χ1) is 12.4. The first kappa shape index (κ1) is 16.9. The Morgan fingerprint density at radius 3 is 2.77 bits per heavy atom. The van der Waals surface area contributed by atoms with E-state index in [4.69, 9.17) is 20.9 Å². The Kier molecular flexibility index (Phi) is 3.91. The largest absolute Gasteiger partial charge is 0.439 e. The van der Waals surface area contributed by atoms with Crippen LogP contribution in [0.5, 0.6) is 0 Å². The minimum Gasteiger partial charge on any atom is -0.439 e. The number of carbonyl (C=O) groups excluding carboxylic acids is 2. The summed E-state index contributed by atoms with van der Waals surface area (Å²) in [6.07, 6.45) is 0.262. The minimum atomic E-state index is -0.628. The van der Waals surface area contributed by atoms with Crippen LogP contribution in [0.1, 0.15) is 22.5 Å². The van der Waals surface area contributed by atoms with Crippen LogP contribution in [-0.4, -0.2) is 59.2 Å². The van der Waals surface area contributed by atoms with Crippen molar-refractivity contribution in [3.05, 3.63) is 40.6 Å². The molecule has 1 unspecified atom stereocenters. The third-order valence-electron chi connectivity index (χ3n) is 4.95. The van der Waals surface area contributed by atoms with Gasteiger partial charge in [0.2, 0.25) is 0 Å². The number of likely N-dealkylation sites (tertiary alicyclic amines) is 1. The van der Waals surface area contributed by atoms with Crippen LogP contribution in [0.4, 0.5) is 4.79 Å². The summed E-state index contributed by atoms with van der Waals surface area (Å²) < 4.78 is 10.8. The van der Waals surface area contributed by atoms with E-state index in [0.717, 1.165) is 0 Å². The van der Waals surface area contributed by atoms with Crippen molar-refractivity contribution >= 4 is 23.6 Å². The average molecular weight is 376 g/mol. The number of aromatic nitrogens is 1. The first-order valence-electron chi connectivity index (χ1n) is 8.35. The van der Waals surface area contributed by atoms with Crippen LogP contribution in [0, 0.1) is 6.92 Å². The van der Waals surface area contributed by atoms with Gasteiger partial charge in [-0.05, 0) is 13.0 Å². The molecule has 1 aromatic carbocycles. The summed E-state index contributed by atoms with van der Waals surface area (Å²) >= 11 is 6.27. The fourth-order valence-electron chi connectivity index (χ4n) is 3.64. The maximum absolute atomic E-state index is 13.2. The molecule has 1 aromatic heterocycles. The third kappa shape index (κ3) is 2.63. The number of amides is 2. The van der Waals surface area contributed by atoms with Crippen molar-refractivity contribution in [1.29, 1.82) is 0 Å². The van der Waals surface area contributed by atoms with Crippen LogP contribution in [0.25, 0.3) is 11.3 Å². The SMILES string of the molecule is Cc1onc(-c2ccccc2Cl)c1C(=O)N1CCC2(CN(C)C(=O)O2)C1. The fourth-order valence-corrected chi connectivity index (χ4v) is 3.87. The van der Waals surface area contributed by atoms with E-state index in [1.165, 1.54) is 4.90 Å². The summed E-state index contributed by atoms with van der Waals surface area (Å²) in [5, 5.41) is 4.55. The molecular formula is C18H18ClN3O4. The standard InChI is InChI=1S/C18H18ClN3O4/c1-11-14(15(20-26-11)12-5-3-4-6-13(12)19)16(23)22-8-7-18(10-22)9-21(2)17(24)25-18/h3-6H,7-10H2,1-2H3. The number of benzene rings is 1. The van der Waals surface area contributed by atoms with Gasteiger partial charge in [-0.2, -0.15) is 0 Å². The molecule has 2 aliphatic rings. The Morgan fingerprint density at radius 1 is 1.31 bits per heavy atom. The molecule has 8 heteroatoms. The molecule has 0 N–H and O–H groups in total. The van der Waals surface area contributed by atoms with Crippen molar-refractivity contribution in [2.45, 2.75) is 18.9 Å². The van der Waals surface area contributed by atoms with Crippen LogP contribution >= 0.6 is 11.6 Å². The number of nitrogens with zero attached hydrogens (tertiary/aromatic N) is 3. The lowest BCUT2D eigenvalue weighted by Gasteiger charge is -2.21. The Balaban J connectivity index is 1.63. The van der Waals surface area contributed by atoms with Crippen molar-refractivity contribution in [3.8, 4) is 11.3 Å². The molecule has 0 radical (unpaired) electrons. The Hall–Kier alpha value is -2.54. The highest BCUT2D eigenvalue weighted by molar-refractivity contribution is 6.33. The number of ether oxygens (including phenoxy) is 1. The Labute approximate surface area is 155 Å². The lowest BCUT2D eigenvalue weighted by Crippen LogP contribution is -2.39. The predicted octanol–water partition coefficient (Wildman–Crippen LogP) is 2.97. The Morgan fingerprint density at radius 2 is 2.08 bits per heavy atom. The van der Waals surface area contributed by atoms with Crippen molar-refractivity contribution in [1.82, 2.24) is 15.0 Å². The second kappa shape index (κ2) is 6.02. The van der Waals surface area contributed by atoms with Gasteiger partial charge >= 0.3 is 6.09 Å². The van der Waals surface area contributed by atoms with Crippen molar-refractivity contribution in [2.24, 2.45) is 0 Å². The highest BCUT2D eigenvalue weighted by Gasteiger charge is 2.50. The van der Waals surface area contributed by atoms with Crippen LogP contribution in [0.2, 0.25) is 5.02 Å². The van der Waals surface area contributed by atoms with E-state index in [9.17, 15) is 9.59 Å². The normalized spacial score (nSPS) is 22.3. The maximum Gasteiger partial charge on any atom is 0.410 e. The smallest absolute Gasteiger partial charge is 0.410 e. The van der Waals surface area contributed by atoms with Crippen LogP contribution in [0.15, 0.2) is 28.8 Å². The number of aryl methyl sites for hydroxylation is 1. The van der Waals surface area contributed by atoms with Gasteiger partial charge in [0.1, 0.15) is 17.0 Å². The molecule has 2 amide bonds. The minimum absolute atomic E-state index is 0.193. The number of likely N-dealkylation sites (N-methyl/N-ethyl adjacent to an activating group) is 1. The van der Waals surface area contributed by atoms with E-state index in [0.29, 0.717) is 53.7 Å². The molecule has 0 saturated carbocycles. The fraction of sp³-hybridized carbons (Fsp3) is 0.389. The number of halogens is 1. The molecule has 1 atom stereocenters. The van der Waals surface area contributed by atoms with E-state index < -0.39 is 5.60 Å². The van der Waals surface area contributed by atoms with E-state index in [1.54, 1.807) is 31.0 Å². The van der Waals surface area contributed by atoms with Gasteiger partial charge in [0.25, 0.3) is 5.91 Å². The van der Waals surface area contributed by atoms with E-state index >= 15 is 0 Å². The zero-order valence-electron chi connectivity index (χ0n) is 14.5. The zero-order valence-corrected chi connectivity index (χ0v) is 15.2. The maximum atomic E-state index is 13.2. The highest BCUT2D eigenvalue weighted by atomic mass is 35.5. The summed E-state index contributed by atoms with van der Waals surface area (Å²) in [5.41, 5.74) is 0.847. The molecule has 7 nitrogen and oxygen atoms in total. The quantitative estimate of drug-likeness (QED) is 0.806. The number of rotatable bonds is 2. The van der Waals surface area contributed by atoms with Crippen LogP contribution in [-0.2, 0) is 4.74 Å². The van der Waals surface area contributed by atoms with E-state index in [2.05, 4.69) is 5.16 Å². The first-order valence-corrected chi connectivity index (χ1v) is 8.72. The van der Waals surface area contributed by atoms with Gasteiger partial charge in [0.05, 0.1) is 18.1 Å². The lowest BCUT2D eigenvalue weighted by atomic mass is 10.0. The molecule has 1 spiro atoms. The van der Waals surface area contributed by atoms with Gasteiger partial charge in [-0.1, -0.05) is 35.0 Å². The number of hydrogen-bond donors (Lipinski definition) is 0. The van der Waals surface area contributed by atoms with E-state index in [-0.39, 0.29) is 12.0 Å². The second-order valence-corrected chi connectivity index (χ2v) is 7.23. The van der Waals surface area contributed by atoms with Crippen molar-refractivity contribution in [3.63, 3.8) is 0 Å². The van der Waals surface area contributed by atoms with Crippen molar-refractivity contribution < 1.29 is 18.8 Å². The molecule has 2 fully saturated rings. The summed E-state index contributed by atoms with van der Waals surface area (Å²) in [6, 6.07) is 7.19. The van der Waals surface area contributed by atoms with Gasteiger partial charge < -0.3 is 19.1 Å². The van der Waals surface area contributed by atoms with Crippen LogP contribution < -0.4 is 0 Å². The third-order valence-corrected chi connectivity index (χ3v) is 5.28. The molecule has 0 aliphatic carbocycles. The monoisotopic (exact) mass is 375 g/mol. The molecule has 136 valence electrons. The summed E-state index contributed by atoms with van der Waals surface area (Å²) in [6.45, 7) is 3.05. The highest BCUT2D eigenvalue weighted by Crippen LogP contribution is 2.35. The topological polar surface area (TPSA) is 75.9 Å².